The molecule has 5 heterocycles. The van der Waals surface area contributed by atoms with Crippen LogP contribution in [0.5, 0.6) is 0 Å². The van der Waals surface area contributed by atoms with Gasteiger partial charge in [0.05, 0.1) is 30.9 Å². The molecule has 3 radical (unpaired) electrons. The maximum absolute atomic E-state index is 4.51. The molecule has 15 rings (SSSR count). The van der Waals surface area contributed by atoms with Gasteiger partial charge in [-0.1, -0.05) is 158 Å². The van der Waals surface area contributed by atoms with Crippen molar-refractivity contribution in [2.75, 3.05) is 0 Å². The fourth-order valence-corrected chi connectivity index (χ4v) is 10.9. The summed E-state index contributed by atoms with van der Waals surface area (Å²) >= 11 is 0. The fraction of sp³-hybridized carbons (Fsp3) is 0.111. The molecule has 0 unspecified atom stereocenters. The molecule has 0 N–H and O–H groups in total. The maximum atomic E-state index is 4.51. The van der Waals surface area contributed by atoms with Crippen LogP contribution in [0.15, 0.2) is 244 Å². The van der Waals surface area contributed by atoms with E-state index >= 15 is 0 Å². The molecule has 437 valence electrons. The van der Waals surface area contributed by atoms with Crippen molar-refractivity contribution in [3.05, 3.63) is 291 Å². The van der Waals surface area contributed by atoms with Gasteiger partial charge in [-0.25, -0.2) is 4.68 Å². The number of fused-ring (bicyclic) bond motifs is 6. The minimum Gasteiger partial charge on any atom is -0.350 e. The first-order valence-electron chi connectivity index (χ1n) is 27.2. The van der Waals surface area contributed by atoms with E-state index in [1.807, 2.05) is 138 Å². The van der Waals surface area contributed by atoms with Crippen LogP contribution in [0.3, 0.4) is 0 Å². The largest absolute Gasteiger partial charge is 0.350 e. The first-order chi connectivity index (χ1) is 40.0. The van der Waals surface area contributed by atoms with Crippen LogP contribution >= 0.6 is 0 Å². The molecule has 0 saturated carbocycles. The van der Waals surface area contributed by atoms with Crippen LogP contribution in [0.1, 0.15) is 49.9 Å². The molecular formula is C72H58Ir3N10Pt-4. The molecule has 8 aromatic carbocycles. The van der Waals surface area contributed by atoms with Gasteiger partial charge < -0.3 is 13.7 Å². The average molecular weight is 1840 g/mol. The number of aromatic nitrogens is 10. The van der Waals surface area contributed by atoms with E-state index in [0.29, 0.717) is 0 Å². The van der Waals surface area contributed by atoms with Crippen molar-refractivity contribution >= 4 is 0 Å². The third kappa shape index (κ3) is 13.6. The summed E-state index contributed by atoms with van der Waals surface area (Å²) in [6, 6.07) is 77.6. The Morgan fingerprint density at radius 3 is 1.49 bits per heavy atom. The Bertz CT molecular complexity index is 4330. The Morgan fingerprint density at radius 1 is 0.407 bits per heavy atom. The van der Waals surface area contributed by atoms with Crippen molar-refractivity contribution in [1.29, 1.82) is 0 Å². The first-order valence-corrected chi connectivity index (χ1v) is 27.2. The van der Waals surface area contributed by atoms with E-state index < -0.39 is 0 Å². The van der Waals surface area contributed by atoms with Crippen LogP contribution in [0.25, 0.3) is 89.8 Å². The van der Waals surface area contributed by atoms with Crippen molar-refractivity contribution in [1.82, 2.24) is 48.6 Å². The van der Waals surface area contributed by atoms with E-state index in [1.54, 1.807) is 23.4 Å². The standard InChI is InChI=1S/C20H14N3.C19H17N2.C17H14N3.C16H13N2.3Ir.Pt/c1-2-9-18(10-3-1)23-14-20(22-15-23)17-8-6-7-16(13-17)19-11-4-5-12-21-19;1-19(2)16-7-5-4-6-14(16)15-9-8-13(10-17(15)19)18-11-21(3)12-20-18;1-17(2)15-6-4-3-5-13(15)14-8-7-12(11-16(14)17)20-10-9-18-19-20;1-18-11-16(17-12-18)15-9-5-8-14(10-15)13-6-3-2-4-7-13;;;;/h1-7,9-15H;4-7,9-12H,1-3H3;3-6,8-11H,1-2H3;2-8,10-12H,1H3;;;;/q4*-1;;;;. The molecule has 2 aliphatic carbocycles. The van der Waals surface area contributed by atoms with E-state index in [1.165, 1.54) is 55.6 Å². The fourth-order valence-electron chi connectivity index (χ4n) is 10.9. The van der Waals surface area contributed by atoms with Crippen LogP contribution in [-0.2, 0) is 106 Å². The Morgan fingerprint density at radius 2 is 0.919 bits per heavy atom. The molecule has 10 nitrogen and oxygen atoms in total. The summed E-state index contributed by atoms with van der Waals surface area (Å²) in [4.78, 5) is 17.7. The van der Waals surface area contributed by atoms with Crippen LogP contribution in [0.4, 0.5) is 0 Å². The second kappa shape index (κ2) is 28.2. The van der Waals surface area contributed by atoms with E-state index in [4.69, 9.17) is 0 Å². The molecule has 0 fully saturated rings. The third-order valence-electron chi connectivity index (χ3n) is 15.2. The topological polar surface area (TPSA) is 97.1 Å². The summed E-state index contributed by atoms with van der Waals surface area (Å²) in [6.45, 7) is 9.12. The second-order valence-electron chi connectivity index (χ2n) is 21.4. The van der Waals surface area contributed by atoms with Gasteiger partial charge in [0.2, 0.25) is 0 Å². The molecule has 0 amide bonds. The number of pyridine rings is 1. The average Bonchev–Trinajstić information content (AvgIpc) is 2.83. The molecule has 0 atom stereocenters. The Hall–Kier alpha value is -7.68. The van der Waals surface area contributed by atoms with Crippen molar-refractivity contribution in [3.63, 3.8) is 0 Å². The van der Waals surface area contributed by atoms with Gasteiger partial charge >= 0.3 is 0 Å². The smallest absolute Gasteiger partial charge is 0.0883 e. The Kier molecular flexibility index (Phi) is 21.1. The number of hydrogen-bond donors (Lipinski definition) is 0. The quantitative estimate of drug-likeness (QED) is 0.148. The van der Waals surface area contributed by atoms with Crippen LogP contribution in [-0.4, -0.2) is 48.6 Å². The molecular weight excluding hydrogens is 1780 g/mol. The summed E-state index contributed by atoms with van der Waals surface area (Å²) in [5.41, 5.74) is 23.0. The number of benzene rings is 8. The molecule has 0 saturated heterocycles. The molecule has 0 aliphatic heterocycles. The van der Waals surface area contributed by atoms with Crippen LogP contribution in [0, 0.1) is 24.3 Å². The zero-order valence-corrected chi connectivity index (χ0v) is 57.3. The summed E-state index contributed by atoms with van der Waals surface area (Å²) in [6.07, 6.45) is 16.8. The van der Waals surface area contributed by atoms with Gasteiger partial charge in [-0.15, -0.1) is 117 Å². The van der Waals surface area contributed by atoms with Crippen molar-refractivity contribution < 1.29 is 81.4 Å². The number of rotatable bonds is 7. The maximum Gasteiger partial charge on any atom is 0.0883 e. The Balaban J connectivity index is 0.000000147. The number of aryl methyl sites for hydroxylation is 2. The van der Waals surface area contributed by atoms with Gasteiger partial charge in [0.25, 0.3) is 0 Å². The number of nitrogens with zero attached hydrogens (tertiary/aromatic N) is 10. The zero-order chi connectivity index (χ0) is 56.2. The monoisotopic (exact) mass is 1840 g/mol. The van der Waals surface area contributed by atoms with Crippen molar-refractivity contribution in [2.24, 2.45) is 14.1 Å². The minimum absolute atomic E-state index is 0. The summed E-state index contributed by atoms with van der Waals surface area (Å²) in [7, 11) is 3.96. The van der Waals surface area contributed by atoms with E-state index in [9.17, 15) is 0 Å². The third-order valence-corrected chi connectivity index (χ3v) is 15.2. The Labute approximate surface area is 558 Å². The van der Waals surface area contributed by atoms with Crippen molar-refractivity contribution in [3.8, 4) is 89.8 Å². The van der Waals surface area contributed by atoms with E-state index in [0.717, 1.165) is 56.4 Å². The van der Waals surface area contributed by atoms with E-state index in [2.05, 4.69) is 197 Å². The summed E-state index contributed by atoms with van der Waals surface area (Å²) in [5.74, 6) is 0. The molecule has 13 aromatic rings. The van der Waals surface area contributed by atoms with Crippen LogP contribution in [0.2, 0.25) is 0 Å². The normalized spacial score (nSPS) is 12.1. The number of imidazole rings is 3. The number of hydrogen-bond acceptors (Lipinski definition) is 6. The van der Waals surface area contributed by atoms with E-state index in [-0.39, 0.29) is 92.2 Å². The molecule has 86 heavy (non-hydrogen) atoms. The van der Waals surface area contributed by atoms with Crippen LogP contribution < -0.4 is 0 Å². The predicted octanol–water partition coefficient (Wildman–Crippen LogP) is 15.5. The predicted molar refractivity (Wildman–Crippen MR) is 327 cm³/mol. The zero-order valence-electron chi connectivity index (χ0n) is 47.9. The van der Waals surface area contributed by atoms with Gasteiger partial charge in [0.15, 0.2) is 0 Å². The minimum atomic E-state index is 0. The molecule has 2 aliphatic rings. The van der Waals surface area contributed by atoms with Gasteiger partial charge in [0.1, 0.15) is 0 Å². The second-order valence-corrected chi connectivity index (χ2v) is 21.4. The SMILES string of the molecule is CC1(C)c2ccccc2-c2c[c-]c(-n3ccnn3)cc21.Cn1cnc(-c2[c-]cc3c(c2)C(C)(C)c2ccccc2-3)c1.Cn1cnc(-c2[c-]ccc(-c3ccccc3)c2)c1.[Ir].[Ir].[Ir].[Pt].[c-]1ccc(-c2ccccn2)cc1-c1cn(-c2ccccc2)cn1. The first kappa shape index (κ1) is 64.3. The molecule has 0 bridgehead atoms. The molecule has 5 aromatic heterocycles. The molecule has 14 heteroatoms. The van der Waals surface area contributed by atoms with Gasteiger partial charge in [-0.3, -0.25) is 19.9 Å². The molecule has 0 spiro atoms. The van der Waals surface area contributed by atoms with Gasteiger partial charge in [-0.2, -0.15) is 12.1 Å². The van der Waals surface area contributed by atoms with Gasteiger partial charge in [-0.05, 0) is 76.1 Å². The summed E-state index contributed by atoms with van der Waals surface area (Å²) < 4.78 is 7.67. The van der Waals surface area contributed by atoms with Gasteiger partial charge in [0, 0.05) is 131 Å². The summed E-state index contributed by atoms with van der Waals surface area (Å²) in [5, 5.41) is 7.91. The van der Waals surface area contributed by atoms with Crippen molar-refractivity contribution in [2.45, 2.75) is 38.5 Å². The number of para-hydroxylation sites is 1.